The number of nitrogens with one attached hydrogen (secondary N) is 2. The number of unbranched alkanes of at least 4 members (excludes halogenated alkanes) is 1. The van der Waals surface area contributed by atoms with Crippen LogP contribution in [-0.4, -0.2) is 43.0 Å². The van der Waals surface area contributed by atoms with Crippen molar-refractivity contribution < 1.29 is 14.0 Å². The zero-order chi connectivity index (χ0) is 17.1. The smallest absolute Gasteiger partial charge is 0.317 e. The van der Waals surface area contributed by atoms with Crippen molar-refractivity contribution in [2.45, 2.75) is 33.1 Å². The van der Waals surface area contributed by atoms with Crippen LogP contribution in [0.1, 0.15) is 43.5 Å². The van der Waals surface area contributed by atoms with Gasteiger partial charge in [0.1, 0.15) is 5.82 Å². The van der Waals surface area contributed by atoms with Crippen molar-refractivity contribution in [1.29, 1.82) is 0 Å². The minimum Gasteiger partial charge on any atom is -0.352 e. The topological polar surface area (TPSA) is 61.4 Å². The highest BCUT2D eigenvalue weighted by molar-refractivity contribution is 5.94. The summed E-state index contributed by atoms with van der Waals surface area (Å²) in [4.78, 5) is 25.5. The number of carbonyl (C=O) groups is 2. The SMILES string of the molecule is CCCCN(CC)C(=O)NCCCNC(=O)c1ccccc1F. The Bertz CT molecular complexity index is 508. The molecule has 0 bridgehead atoms. The molecule has 0 spiro atoms. The van der Waals surface area contributed by atoms with Gasteiger partial charge in [0.2, 0.25) is 0 Å². The van der Waals surface area contributed by atoms with E-state index in [9.17, 15) is 14.0 Å². The van der Waals surface area contributed by atoms with Crippen molar-refractivity contribution in [2.24, 2.45) is 0 Å². The molecule has 0 saturated heterocycles. The van der Waals surface area contributed by atoms with Gasteiger partial charge < -0.3 is 15.5 Å². The number of benzene rings is 1. The number of rotatable bonds is 9. The van der Waals surface area contributed by atoms with E-state index >= 15 is 0 Å². The average Bonchev–Trinajstić information content (AvgIpc) is 2.55. The Balaban J connectivity index is 2.23. The monoisotopic (exact) mass is 323 g/mol. The Morgan fingerprint density at radius 2 is 1.78 bits per heavy atom. The molecule has 1 rings (SSSR count). The molecule has 2 N–H and O–H groups in total. The fourth-order valence-electron chi connectivity index (χ4n) is 2.09. The lowest BCUT2D eigenvalue weighted by atomic mass is 10.2. The summed E-state index contributed by atoms with van der Waals surface area (Å²) < 4.78 is 13.4. The van der Waals surface area contributed by atoms with Gasteiger partial charge in [-0.05, 0) is 31.9 Å². The van der Waals surface area contributed by atoms with E-state index in [1.54, 1.807) is 17.0 Å². The van der Waals surface area contributed by atoms with E-state index in [1.807, 2.05) is 6.92 Å². The van der Waals surface area contributed by atoms with Crippen molar-refractivity contribution >= 4 is 11.9 Å². The Labute approximate surface area is 137 Å². The number of halogens is 1. The normalized spacial score (nSPS) is 10.2. The Morgan fingerprint density at radius 3 is 2.43 bits per heavy atom. The van der Waals surface area contributed by atoms with E-state index in [-0.39, 0.29) is 11.6 Å². The average molecular weight is 323 g/mol. The van der Waals surface area contributed by atoms with E-state index in [0.717, 1.165) is 19.4 Å². The first-order valence-corrected chi connectivity index (χ1v) is 8.15. The Kier molecular flexibility index (Phi) is 8.72. The molecule has 0 aliphatic heterocycles. The van der Waals surface area contributed by atoms with Gasteiger partial charge in [0, 0.05) is 26.2 Å². The Hall–Kier alpha value is -2.11. The lowest BCUT2D eigenvalue weighted by Gasteiger charge is -2.21. The molecule has 6 heteroatoms. The maximum absolute atomic E-state index is 13.4. The summed E-state index contributed by atoms with van der Waals surface area (Å²) in [7, 11) is 0. The molecule has 0 aliphatic carbocycles. The first-order valence-electron chi connectivity index (χ1n) is 8.15. The molecule has 0 saturated carbocycles. The van der Waals surface area contributed by atoms with Gasteiger partial charge in [-0.15, -0.1) is 0 Å². The number of hydrogen-bond donors (Lipinski definition) is 2. The number of nitrogens with zero attached hydrogens (tertiary/aromatic N) is 1. The summed E-state index contributed by atoms with van der Waals surface area (Å²) in [6, 6.07) is 5.78. The standard InChI is InChI=1S/C17H26FN3O2/c1-3-5-13-21(4-2)17(23)20-12-8-11-19-16(22)14-9-6-7-10-15(14)18/h6-7,9-10H,3-5,8,11-13H2,1-2H3,(H,19,22)(H,20,23). The molecular formula is C17H26FN3O2. The molecule has 0 heterocycles. The van der Waals surface area contributed by atoms with Gasteiger partial charge in [-0.25, -0.2) is 9.18 Å². The summed E-state index contributed by atoms with van der Waals surface area (Å²) >= 11 is 0. The fourth-order valence-corrected chi connectivity index (χ4v) is 2.09. The molecule has 3 amide bonds. The zero-order valence-electron chi connectivity index (χ0n) is 13.9. The summed E-state index contributed by atoms with van der Waals surface area (Å²) in [5.74, 6) is -0.972. The number of hydrogen-bond acceptors (Lipinski definition) is 2. The molecule has 0 radical (unpaired) electrons. The van der Waals surface area contributed by atoms with Crippen LogP contribution in [0.2, 0.25) is 0 Å². The van der Waals surface area contributed by atoms with E-state index in [2.05, 4.69) is 17.6 Å². The van der Waals surface area contributed by atoms with Crippen LogP contribution in [0.3, 0.4) is 0 Å². The highest BCUT2D eigenvalue weighted by Gasteiger charge is 2.11. The van der Waals surface area contributed by atoms with Crippen molar-refractivity contribution in [2.75, 3.05) is 26.2 Å². The van der Waals surface area contributed by atoms with Crippen molar-refractivity contribution in [3.63, 3.8) is 0 Å². The van der Waals surface area contributed by atoms with Crippen LogP contribution in [0.4, 0.5) is 9.18 Å². The third kappa shape index (κ3) is 6.67. The van der Waals surface area contributed by atoms with Crippen molar-refractivity contribution in [1.82, 2.24) is 15.5 Å². The summed E-state index contributed by atoms with van der Waals surface area (Å²) in [6.45, 7) is 6.32. The van der Waals surface area contributed by atoms with Crippen LogP contribution in [-0.2, 0) is 0 Å². The molecule has 1 aromatic rings. The predicted molar refractivity (Wildman–Crippen MR) is 88.9 cm³/mol. The molecule has 5 nitrogen and oxygen atoms in total. The minimum atomic E-state index is -0.534. The summed E-state index contributed by atoms with van der Waals surface area (Å²) in [5, 5.41) is 5.48. The second-order valence-corrected chi connectivity index (χ2v) is 5.25. The molecule has 0 fully saturated rings. The first-order chi connectivity index (χ1) is 11.1. The van der Waals surface area contributed by atoms with Crippen LogP contribution < -0.4 is 10.6 Å². The highest BCUT2D eigenvalue weighted by atomic mass is 19.1. The minimum absolute atomic E-state index is 0.0354. The number of urea groups is 1. The molecular weight excluding hydrogens is 297 g/mol. The largest absolute Gasteiger partial charge is 0.352 e. The van der Waals surface area contributed by atoms with Gasteiger partial charge in [0.25, 0.3) is 5.91 Å². The van der Waals surface area contributed by atoms with Crippen molar-refractivity contribution in [3.8, 4) is 0 Å². The zero-order valence-corrected chi connectivity index (χ0v) is 13.9. The van der Waals surface area contributed by atoms with Gasteiger partial charge in [-0.2, -0.15) is 0 Å². The second-order valence-electron chi connectivity index (χ2n) is 5.25. The summed E-state index contributed by atoms with van der Waals surface area (Å²) in [5.41, 5.74) is 0.0354. The maximum atomic E-state index is 13.4. The highest BCUT2D eigenvalue weighted by Crippen LogP contribution is 2.05. The van der Waals surface area contributed by atoms with Gasteiger partial charge in [0.05, 0.1) is 5.56 Å². The third-order valence-corrected chi connectivity index (χ3v) is 3.48. The van der Waals surface area contributed by atoms with Gasteiger partial charge in [-0.3, -0.25) is 4.79 Å². The Morgan fingerprint density at radius 1 is 1.09 bits per heavy atom. The summed E-state index contributed by atoms with van der Waals surface area (Å²) in [6.07, 6.45) is 2.63. The molecule has 23 heavy (non-hydrogen) atoms. The molecule has 0 aromatic heterocycles. The fraction of sp³-hybridized carbons (Fsp3) is 0.529. The van der Waals surface area contributed by atoms with E-state index in [1.165, 1.54) is 12.1 Å². The maximum Gasteiger partial charge on any atom is 0.317 e. The molecule has 1 aromatic carbocycles. The number of amides is 3. The van der Waals surface area contributed by atoms with Crippen LogP contribution in [0.25, 0.3) is 0 Å². The number of carbonyl (C=O) groups excluding carboxylic acids is 2. The lowest BCUT2D eigenvalue weighted by Crippen LogP contribution is -2.41. The van der Waals surface area contributed by atoms with Gasteiger partial charge >= 0.3 is 6.03 Å². The second kappa shape index (κ2) is 10.6. The molecule has 0 aliphatic rings. The van der Waals surface area contributed by atoms with E-state index in [0.29, 0.717) is 26.1 Å². The van der Waals surface area contributed by atoms with Crippen LogP contribution in [0.15, 0.2) is 24.3 Å². The van der Waals surface area contributed by atoms with Gasteiger partial charge in [-0.1, -0.05) is 25.5 Å². The van der Waals surface area contributed by atoms with Gasteiger partial charge in [0.15, 0.2) is 0 Å². The lowest BCUT2D eigenvalue weighted by molar-refractivity contribution is 0.0949. The third-order valence-electron chi connectivity index (χ3n) is 3.48. The first kappa shape index (κ1) is 18.9. The molecule has 0 unspecified atom stereocenters. The molecule has 128 valence electrons. The van der Waals surface area contributed by atoms with E-state index < -0.39 is 11.7 Å². The van der Waals surface area contributed by atoms with Crippen molar-refractivity contribution in [3.05, 3.63) is 35.6 Å². The quantitative estimate of drug-likeness (QED) is 0.687. The van der Waals surface area contributed by atoms with Crippen LogP contribution in [0.5, 0.6) is 0 Å². The van der Waals surface area contributed by atoms with E-state index in [4.69, 9.17) is 0 Å². The predicted octanol–water partition coefficient (Wildman–Crippen LogP) is 2.78. The van der Waals surface area contributed by atoms with Crippen LogP contribution >= 0.6 is 0 Å². The molecule has 0 atom stereocenters. The van der Waals surface area contributed by atoms with Crippen LogP contribution in [0, 0.1) is 5.82 Å².